The highest BCUT2D eigenvalue weighted by Crippen LogP contribution is 2.40. The lowest BCUT2D eigenvalue weighted by atomic mass is 10.2. The van der Waals surface area contributed by atoms with E-state index in [0.29, 0.717) is 5.37 Å². The molecular formula is C23H32N4S5. The Morgan fingerprint density at radius 1 is 0.781 bits per heavy atom. The van der Waals surface area contributed by atoms with Gasteiger partial charge in [0.15, 0.2) is 4.38 Å². The number of thioether (sulfide) groups is 3. The van der Waals surface area contributed by atoms with Gasteiger partial charge in [-0.3, -0.25) is 10.9 Å². The molecule has 2 atom stereocenters. The molecule has 0 saturated heterocycles. The minimum atomic E-state index is 0.279. The first-order chi connectivity index (χ1) is 15.8. The van der Waals surface area contributed by atoms with Crippen molar-refractivity contribution in [1.82, 2.24) is 10.9 Å². The van der Waals surface area contributed by atoms with Gasteiger partial charge in [0.2, 0.25) is 0 Å². The summed E-state index contributed by atoms with van der Waals surface area (Å²) in [6, 6.07) is 21.1. The fourth-order valence-corrected chi connectivity index (χ4v) is 8.21. The predicted octanol–water partition coefficient (Wildman–Crippen LogP) is 7.81. The van der Waals surface area contributed by atoms with Gasteiger partial charge in [-0.25, -0.2) is 0 Å². The zero-order valence-corrected chi connectivity index (χ0v) is 23.1. The summed E-state index contributed by atoms with van der Waals surface area (Å²) in [5.74, 6) is 2.00. The van der Waals surface area contributed by atoms with Crippen LogP contribution in [0, 0.1) is 0 Å². The molecule has 0 fully saturated rings. The van der Waals surface area contributed by atoms with E-state index < -0.39 is 0 Å². The molecule has 0 radical (unpaired) electrons. The summed E-state index contributed by atoms with van der Waals surface area (Å²) in [5.41, 5.74) is 9.17. The lowest BCUT2D eigenvalue weighted by Crippen LogP contribution is -2.14. The highest BCUT2D eigenvalue weighted by molar-refractivity contribution is 8.90. The number of nitrogens with one attached hydrogen (secondary N) is 2. The maximum absolute atomic E-state index is 4.48. The van der Waals surface area contributed by atoms with Crippen molar-refractivity contribution in [3.05, 3.63) is 71.8 Å². The number of hydrazone groups is 2. The molecule has 0 amide bonds. The molecule has 0 aromatic heterocycles. The van der Waals surface area contributed by atoms with Crippen LogP contribution in [0.3, 0.4) is 0 Å². The summed E-state index contributed by atoms with van der Waals surface area (Å²) < 4.78 is 1.35. The number of rotatable bonds is 6. The molecule has 2 aromatic carbocycles. The second-order valence-electron chi connectivity index (χ2n) is 6.04. The maximum Gasteiger partial charge on any atom is 0.163 e. The zero-order chi connectivity index (χ0) is 23.0. The van der Waals surface area contributed by atoms with E-state index in [9.17, 15) is 0 Å². The van der Waals surface area contributed by atoms with Crippen molar-refractivity contribution in [1.29, 1.82) is 0 Å². The summed E-state index contributed by atoms with van der Waals surface area (Å²) in [6.45, 7) is 8.00. The summed E-state index contributed by atoms with van der Waals surface area (Å²) in [5, 5.41) is 10.4. The molecule has 4 nitrogen and oxygen atoms in total. The molecule has 0 saturated carbocycles. The first-order valence-corrected chi connectivity index (χ1v) is 16.0. The molecule has 9 heteroatoms. The number of hydrogen-bond acceptors (Lipinski definition) is 9. The Balaban J connectivity index is 0.000000860. The second kappa shape index (κ2) is 16.7. The molecule has 174 valence electrons. The van der Waals surface area contributed by atoms with Gasteiger partial charge in [-0.05, 0) is 32.7 Å². The fourth-order valence-electron chi connectivity index (χ4n) is 2.50. The lowest BCUT2D eigenvalue weighted by molar-refractivity contribution is 0.761. The molecule has 2 N–H and O–H groups in total. The number of hydrogen-bond donors (Lipinski definition) is 2. The third-order valence-electron chi connectivity index (χ3n) is 3.91. The smallest absolute Gasteiger partial charge is 0.163 e. The fraction of sp³-hybridized carbons (Fsp3) is 0.391. The lowest BCUT2D eigenvalue weighted by Gasteiger charge is -2.09. The van der Waals surface area contributed by atoms with Crippen molar-refractivity contribution in [3.8, 4) is 0 Å². The molecule has 0 bridgehead atoms. The van der Waals surface area contributed by atoms with Crippen LogP contribution in [0.25, 0.3) is 0 Å². The van der Waals surface area contributed by atoms with Crippen molar-refractivity contribution in [2.24, 2.45) is 10.2 Å². The van der Waals surface area contributed by atoms with Gasteiger partial charge >= 0.3 is 0 Å². The van der Waals surface area contributed by atoms with Gasteiger partial charge in [0, 0.05) is 17.9 Å². The van der Waals surface area contributed by atoms with Crippen LogP contribution < -0.4 is 10.9 Å². The zero-order valence-electron chi connectivity index (χ0n) is 19.0. The molecule has 2 heterocycles. The summed E-state index contributed by atoms with van der Waals surface area (Å²) >= 11 is 5.56. The van der Waals surface area contributed by atoms with Crippen molar-refractivity contribution < 1.29 is 0 Å². The van der Waals surface area contributed by atoms with Gasteiger partial charge < -0.3 is 0 Å². The van der Waals surface area contributed by atoms with Crippen LogP contribution in [0.5, 0.6) is 0 Å². The van der Waals surface area contributed by atoms with Gasteiger partial charge in [0.05, 0.1) is 5.37 Å². The van der Waals surface area contributed by atoms with E-state index in [4.69, 9.17) is 0 Å². The largest absolute Gasteiger partial charge is 0.296 e. The first-order valence-electron chi connectivity index (χ1n) is 10.8. The molecule has 2 unspecified atom stereocenters. The highest BCUT2D eigenvalue weighted by atomic mass is 33.1. The third kappa shape index (κ3) is 9.95. The molecule has 0 aliphatic carbocycles. The monoisotopic (exact) mass is 524 g/mol. The molecule has 0 spiro atoms. The Morgan fingerprint density at radius 3 is 2.00 bits per heavy atom. The van der Waals surface area contributed by atoms with Gasteiger partial charge in [0.25, 0.3) is 0 Å². The average molecular weight is 525 g/mol. The molecule has 2 aliphatic rings. The first kappa shape index (κ1) is 27.4. The minimum absolute atomic E-state index is 0.279. The van der Waals surface area contributed by atoms with Crippen LogP contribution in [-0.2, 0) is 11.5 Å². The Morgan fingerprint density at radius 2 is 1.38 bits per heavy atom. The van der Waals surface area contributed by atoms with E-state index >= 15 is 0 Å². The van der Waals surface area contributed by atoms with E-state index in [0.717, 1.165) is 27.3 Å². The van der Waals surface area contributed by atoms with E-state index in [2.05, 4.69) is 81.7 Å². The summed E-state index contributed by atoms with van der Waals surface area (Å²) in [6.07, 6.45) is 0.965. The summed E-state index contributed by atoms with van der Waals surface area (Å²) in [4.78, 5) is 0. The van der Waals surface area contributed by atoms with E-state index in [1.54, 1.807) is 33.3 Å². The Hall–Kier alpha value is -0.870. The van der Waals surface area contributed by atoms with Crippen molar-refractivity contribution >= 4 is 66.3 Å². The minimum Gasteiger partial charge on any atom is -0.296 e. The Bertz CT molecular complexity index is 748. The van der Waals surface area contributed by atoms with Crippen LogP contribution in [0.1, 0.15) is 45.2 Å². The standard InChI is InChI=1S/C19H20N4S5.2C2H6/c1-3-7-14(8-4-1)12-24-16-11-17(21-20-16)27-28-19-23-22-18(26-19)25-13-15-9-5-2-6-10-15;2*1-2/h1-10,16,18,20,22H,11-13H2;2*1-2H3. The van der Waals surface area contributed by atoms with Crippen molar-refractivity contribution in [2.45, 2.75) is 55.7 Å². The van der Waals surface area contributed by atoms with Gasteiger partial charge in [-0.1, -0.05) is 100 Å². The van der Waals surface area contributed by atoms with Crippen LogP contribution in [0.2, 0.25) is 0 Å². The van der Waals surface area contributed by atoms with E-state index in [-0.39, 0.29) is 4.71 Å². The molecule has 2 aromatic rings. The Kier molecular flexibility index (Phi) is 14.3. The normalized spacial score (nSPS) is 18.8. The number of benzene rings is 2. The Labute approximate surface area is 213 Å². The maximum atomic E-state index is 4.48. The average Bonchev–Trinajstić information content (AvgIpc) is 3.53. The van der Waals surface area contributed by atoms with Crippen LogP contribution in [-0.4, -0.2) is 19.5 Å². The van der Waals surface area contributed by atoms with E-state index in [1.807, 2.05) is 51.2 Å². The topological polar surface area (TPSA) is 48.8 Å². The van der Waals surface area contributed by atoms with Crippen LogP contribution in [0.4, 0.5) is 0 Å². The van der Waals surface area contributed by atoms with Crippen LogP contribution >= 0.6 is 56.9 Å². The van der Waals surface area contributed by atoms with Gasteiger partial charge in [-0.15, -0.1) is 23.5 Å². The third-order valence-corrected chi connectivity index (χ3v) is 10.2. The predicted molar refractivity (Wildman–Crippen MR) is 154 cm³/mol. The van der Waals surface area contributed by atoms with Crippen LogP contribution in [0.15, 0.2) is 70.9 Å². The molecular weight excluding hydrogens is 493 g/mol. The molecule has 32 heavy (non-hydrogen) atoms. The second-order valence-corrected chi connectivity index (χ2v) is 12.2. The summed E-state index contributed by atoms with van der Waals surface area (Å²) in [7, 11) is 3.41. The molecule has 4 rings (SSSR count). The quantitative estimate of drug-likeness (QED) is 0.374. The highest BCUT2D eigenvalue weighted by Gasteiger charge is 2.24. The number of nitrogens with zero attached hydrogens (tertiary/aromatic N) is 2. The van der Waals surface area contributed by atoms with Gasteiger partial charge in [0.1, 0.15) is 9.75 Å². The van der Waals surface area contributed by atoms with Crippen molar-refractivity contribution in [2.75, 3.05) is 0 Å². The van der Waals surface area contributed by atoms with Gasteiger partial charge in [-0.2, -0.15) is 10.2 Å². The molecule has 2 aliphatic heterocycles. The SMILES string of the molecule is CC.CC.c1ccc(CSC2CC(SSC3=NNC(SCc4ccccc4)S3)=NN2)cc1. The van der Waals surface area contributed by atoms with E-state index in [1.165, 1.54) is 11.1 Å². The van der Waals surface area contributed by atoms with Crippen molar-refractivity contribution in [3.63, 3.8) is 0 Å².